The van der Waals surface area contributed by atoms with Crippen LogP contribution in [0, 0.1) is 5.92 Å². The van der Waals surface area contributed by atoms with Gasteiger partial charge in [-0.1, -0.05) is 4.57 Å². The molecule has 80 valence electrons. The number of aliphatic hydroxyl groups is 1. The van der Waals surface area contributed by atoms with Gasteiger partial charge in [-0.3, -0.25) is 9.59 Å². The van der Waals surface area contributed by atoms with Gasteiger partial charge >= 0.3 is 13.8 Å². The summed E-state index contributed by atoms with van der Waals surface area (Å²) in [6.45, 7) is 0. The third kappa shape index (κ3) is 5.61. The van der Waals surface area contributed by atoms with Gasteiger partial charge in [0.05, 0.1) is 5.92 Å². The average molecular weight is 222 g/mol. The number of carbonyl (C=O) groups is 2. The third-order valence-electron chi connectivity index (χ3n) is 1.68. The summed E-state index contributed by atoms with van der Waals surface area (Å²) in [7, 11) is -1.77. The van der Waals surface area contributed by atoms with Gasteiger partial charge in [0.15, 0.2) is 0 Å². The first kappa shape index (κ1) is 13.0. The van der Waals surface area contributed by atoms with E-state index in [-0.39, 0.29) is 19.0 Å². The molecule has 0 heterocycles. The molecule has 0 aliphatic heterocycles. The molecule has 2 unspecified atom stereocenters. The lowest BCUT2D eigenvalue weighted by Crippen LogP contribution is -2.23. The lowest BCUT2D eigenvalue weighted by Gasteiger charge is -2.05. The Balaban J connectivity index is 4.04. The van der Waals surface area contributed by atoms with E-state index in [0.29, 0.717) is 0 Å². The number of carbonyl (C=O) groups excluding carboxylic acids is 1. The van der Waals surface area contributed by atoms with Crippen LogP contribution in [0.1, 0.15) is 12.8 Å². The molecule has 0 saturated carbocycles. The molecule has 0 fully saturated rings. The highest BCUT2D eigenvalue weighted by atomic mass is 31.1. The number of aliphatic carboxylic acids is 1. The van der Waals surface area contributed by atoms with E-state index in [1.165, 1.54) is 0 Å². The number of nitrogens with two attached hydrogens (primary N) is 1. The molecule has 0 aromatic carbocycles. The van der Waals surface area contributed by atoms with Crippen LogP contribution in [0.4, 0.5) is 0 Å². The molecule has 2 atom stereocenters. The first-order valence-corrected chi connectivity index (χ1v) is 5.64. The predicted octanol–water partition coefficient (Wildman–Crippen LogP) is -0.270. The fourth-order valence-corrected chi connectivity index (χ4v) is 1.67. The van der Waals surface area contributed by atoms with Crippen molar-refractivity contribution in [2.75, 3.05) is 12.5 Å². The number of primary amides is 1. The van der Waals surface area contributed by atoms with Crippen LogP contribution in [0.15, 0.2) is 0 Å². The molecular formula is C7H13NO5P+. The van der Waals surface area contributed by atoms with Crippen molar-refractivity contribution in [3.63, 3.8) is 0 Å². The van der Waals surface area contributed by atoms with Crippen LogP contribution >= 0.6 is 7.80 Å². The smallest absolute Gasteiger partial charge is 0.366 e. The number of carboxylic acids is 1. The van der Waals surface area contributed by atoms with Gasteiger partial charge in [0.2, 0.25) is 12.3 Å². The fourth-order valence-electron chi connectivity index (χ4n) is 0.926. The number of hydrogen-bond donors (Lipinski definition) is 3. The van der Waals surface area contributed by atoms with E-state index < -0.39 is 31.9 Å². The van der Waals surface area contributed by atoms with Crippen molar-refractivity contribution in [2.45, 2.75) is 12.8 Å². The summed E-state index contributed by atoms with van der Waals surface area (Å²) in [6, 6.07) is 0. The highest BCUT2D eigenvalue weighted by Crippen LogP contribution is 2.23. The Morgan fingerprint density at radius 2 is 2.00 bits per heavy atom. The van der Waals surface area contributed by atoms with Crippen LogP contribution in [0.2, 0.25) is 0 Å². The van der Waals surface area contributed by atoms with Crippen LogP contribution in [0.5, 0.6) is 0 Å². The van der Waals surface area contributed by atoms with Crippen molar-refractivity contribution in [1.29, 1.82) is 0 Å². The molecule has 0 saturated heterocycles. The molecule has 0 radical (unpaired) electrons. The van der Waals surface area contributed by atoms with Crippen LogP contribution in [-0.4, -0.2) is 34.6 Å². The first-order chi connectivity index (χ1) is 6.47. The first-order valence-electron chi connectivity index (χ1n) is 4.01. The minimum Gasteiger partial charge on any atom is -0.481 e. The molecule has 4 N–H and O–H groups in total. The second kappa shape index (κ2) is 6.45. The van der Waals surface area contributed by atoms with E-state index in [1.807, 2.05) is 0 Å². The number of rotatable bonds is 7. The van der Waals surface area contributed by atoms with Crippen molar-refractivity contribution in [3.05, 3.63) is 0 Å². The summed E-state index contributed by atoms with van der Waals surface area (Å²) in [5.74, 6) is -2.74. The normalized spacial score (nSPS) is 13.4. The van der Waals surface area contributed by atoms with Crippen molar-refractivity contribution in [1.82, 2.24) is 0 Å². The summed E-state index contributed by atoms with van der Waals surface area (Å²) in [6.07, 6.45) is -0.535. The maximum absolute atomic E-state index is 10.8. The SMILES string of the molecule is NC(=O)CC(CC[P+](=O)CO)C(=O)O. The largest absolute Gasteiger partial charge is 0.481 e. The lowest BCUT2D eigenvalue weighted by molar-refractivity contribution is -0.143. The summed E-state index contributed by atoms with van der Waals surface area (Å²) in [4.78, 5) is 21.0. The summed E-state index contributed by atoms with van der Waals surface area (Å²) < 4.78 is 10.8. The van der Waals surface area contributed by atoms with Gasteiger partial charge in [-0.2, -0.15) is 0 Å². The van der Waals surface area contributed by atoms with E-state index in [9.17, 15) is 14.2 Å². The lowest BCUT2D eigenvalue weighted by atomic mass is 10.0. The van der Waals surface area contributed by atoms with Crippen LogP contribution in [-0.2, 0) is 14.2 Å². The summed E-state index contributed by atoms with van der Waals surface area (Å²) >= 11 is 0. The molecular weight excluding hydrogens is 209 g/mol. The van der Waals surface area contributed by atoms with Crippen molar-refractivity contribution < 1.29 is 24.4 Å². The second-order valence-electron chi connectivity index (χ2n) is 2.84. The third-order valence-corrected chi connectivity index (χ3v) is 2.75. The highest BCUT2D eigenvalue weighted by Gasteiger charge is 2.24. The zero-order valence-corrected chi connectivity index (χ0v) is 8.44. The van der Waals surface area contributed by atoms with Gasteiger partial charge in [-0.05, 0) is 0 Å². The Hall–Kier alpha value is -1.00. The summed E-state index contributed by atoms with van der Waals surface area (Å²) in [5, 5.41) is 17.1. The molecule has 0 aliphatic carbocycles. The minimum atomic E-state index is -1.77. The Morgan fingerprint density at radius 3 is 2.36 bits per heavy atom. The zero-order valence-electron chi connectivity index (χ0n) is 7.55. The molecule has 0 aromatic heterocycles. The Kier molecular flexibility index (Phi) is 5.99. The Morgan fingerprint density at radius 1 is 1.43 bits per heavy atom. The molecule has 0 aromatic rings. The Labute approximate surface area is 81.9 Å². The van der Waals surface area contributed by atoms with Crippen molar-refractivity contribution in [2.24, 2.45) is 11.7 Å². The van der Waals surface area contributed by atoms with Crippen molar-refractivity contribution in [3.8, 4) is 0 Å². The predicted molar refractivity (Wildman–Crippen MR) is 49.1 cm³/mol. The van der Waals surface area contributed by atoms with Gasteiger partial charge in [-0.25, -0.2) is 0 Å². The number of amides is 1. The molecule has 0 aliphatic rings. The van der Waals surface area contributed by atoms with Crippen molar-refractivity contribution >= 4 is 19.7 Å². The molecule has 1 amide bonds. The van der Waals surface area contributed by atoms with E-state index >= 15 is 0 Å². The van der Waals surface area contributed by atoms with Gasteiger partial charge in [-0.15, -0.1) is 0 Å². The molecule has 7 heteroatoms. The van der Waals surface area contributed by atoms with Crippen LogP contribution < -0.4 is 5.73 Å². The standard InChI is InChI=1S/C7H12NO5P/c8-6(10)3-5(7(11)12)1-2-14(13)4-9/h5,9H,1-4H2,(H2-,8,10,11,12)/p+1. The van der Waals surface area contributed by atoms with Gasteiger partial charge in [0, 0.05) is 12.8 Å². The van der Waals surface area contributed by atoms with Crippen LogP contribution in [0.3, 0.4) is 0 Å². The van der Waals surface area contributed by atoms with E-state index in [2.05, 4.69) is 0 Å². The molecule has 0 bridgehead atoms. The fraction of sp³-hybridized carbons (Fsp3) is 0.714. The number of hydrogen-bond acceptors (Lipinski definition) is 4. The quantitative estimate of drug-likeness (QED) is 0.512. The van der Waals surface area contributed by atoms with E-state index in [1.54, 1.807) is 0 Å². The highest BCUT2D eigenvalue weighted by molar-refractivity contribution is 7.44. The van der Waals surface area contributed by atoms with Gasteiger partial charge < -0.3 is 15.9 Å². The molecule has 0 rings (SSSR count). The maximum atomic E-state index is 10.8. The average Bonchev–Trinajstić information content (AvgIpc) is 2.10. The Bertz CT molecular complexity index is 242. The summed E-state index contributed by atoms with van der Waals surface area (Å²) in [5.41, 5.74) is 4.85. The van der Waals surface area contributed by atoms with E-state index in [4.69, 9.17) is 15.9 Å². The minimum absolute atomic E-state index is 0.0913. The van der Waals surface area contributed by atoms with Gasteiger partial charge in [0.1, 0.15) is 6.16 Å². The van der Waals surface area contributed by atoms with Crippen LogP contribution in [0.25, 0.3) is 0 Å². The second-order valence-corrected chi connectivity index (χ2v) is 4.53. The molecule has 6 nitrogen and oxygen atoms in total. The molecule has 0 spiro atoms. The maximum Gasteiger partial charge on any atom is 0.366 e. The zero-order chi connectivity index (χ0) is 11.1. The number of aliphatic hydroxyl groups excluding tert-OH is 1. The number of carboxylic acid groups (broad SMARTS) is 1. The monoisotopic (exact) mass is 222 g/mol. The molecule has 14 heavy (non-hydrogen) atoms. The topological polar surface area (TPSA) is 118 Å². The van der Waals surface area contributed by atoms with Gasteiger partial charge in [0.25, 0.3) is 0 Å². The van der Waals surface area contributed by atoms with E-state index in [0.717, 1.165) is 0 Å².